The van der Waals surface area contributed by atoms with Gasteiger partial charge < -0.3 is 4.74 Å². The topological polar surface area (TPSA) is 39.9 Å². The lowest BCUT2D eigenvalue weighted by molar-refractivity contribution is -0.0531. The zero-order chi connectivity index (χ0) is 7.56. The molecule has 1 aromatic rings. The van der Waals surface area contributed by atoms with Crippen LogP contribution in [-0.2, 0) is 7.05 Å². The molecule has 0 saturated carbocycles. The fourth-order valence-corrected chi connectivity index (χ4v) is 0.472. The molecule has 0 bridgehead atoms. The van der Waals surface area contributed by atoms with Gasteiger partial charge in [-0.2, -0.15) is 18.7 Å². The van der Waals surface area contributed by atoms with Gasteiger partial charge in [0.1, 0.15) is 6.20 Å². The van der Waals surface area contributed by atoms with Crippen molar-refractivity contribution in [2.24, 2.45) is 7.05 Å². The van der Waals surface area contributed by atoms with Crippen molar-refractivity contribution in [1.29, 1.82) is 0 Å². The van der Waals surface area contributed by atoms with Crippen LogP contribution in [0.3, 0.4) is 0 Å². The van der Waals surface area contributed by atoms with Gasteiger partial charge in [0.05, 0.1) is 0 Å². The minimum absolute atomic E-state index is 0.169. The zero-order valence-corrected chi connectivity index (χ0v) is 5.16. The number of alkyl halides is 2. The lowest BCUT2D eigenvalue weighted by atomic mass is 10.9. The molecule has 0 saturated heterocycles. The summed E-state index contributed by atoms with van der Waals surface area (Å²) in [7, 11) is 1.51. The standard InChI is InChI=1S/C4H5F2N3O/c1-9-7-2-3(8-9)10-4(5)6/h2,4H,1H3. The van der Waals surface area contributed by atoms with Gasteiger partial charge in [0.2, 0.25) is 0 Å². The molecule has 10 heavy (non-hydrogen) atoms. The van der Waals surface area contributed by atoms with Gasteiger partial charge in [-0.25, -0.2) is 0 Å². The summed E-state index contributed by atoms with van der Waals surface area (Å²) < 4.78 is 26.8. The Bertz CT molecular complexity index is 212. The van der Waals surface area contributed by atoms with Crippen LogP contribution in [0.25, 0.3) is 0 Å². The SMILES string of the molecule is Cn1ncc(OC(F)F)n1. The van der Waals surface area contributed by atoms with E-state index in [0.717, 1.165) is 11.0 Å². The lowest BCUT2D eigenvalue weighted by Crippen LogP contribution is -2.02. The number of rotatable bonds is 2. The van der Waals surface area contributed by atoms with Crippen molar-refractivity contribution >= 4 is 0 Å². The van der Waals surface area contributed by atoms with E-state index in [4.69, 9.17) is 0 Å². The predicted molar refractivity (Wildman–Crippen MR) is 27.6 cm³/mol. The molecular weight excluding hydrogens is 144 g/mol. The molecule has 6 heteroatoms. The summed E-state index contributed by atoms with van der Waals surface area (Å²) in [5, 5.41) is 6.97. The summed E-state index contributed by atoms with van der Waals surface area (Å²) in [6, 6.07) is 0. The molecule has 0 N–H and O–H groups in total. The number of halogens is 2. The summed E-state index contributed by atoms with van der Waals surface area (Å²) in [5.74, 6) is -0.169. The van der Waals surface area contributed by atoms with Gasteiger partial charge in [0, 0.05) is 7.05 Å². The lowest BCUT2D eigenvalue weighted by Gasteiger charge is -1.95. The van der Waals surface area contributed by atoms with E-state index in [2.05, 4.69) is 14.9 Å². The molecule has 0 aliphatic heterocycles. The molecule has 0 amide bonds. The molecule has 1 rings (SSSR count). The first-order valence-corrected chi connectivity index (χ1v) is 2.49. The van der Waals surface area contributed by atoms with E-state index in [-0.39, 0.29) is 5.88 Å². The average Bonchev–Trinajstić information content (AvgIpc) is 2.13. The monoisotopic (exact) mass is 149 g/mol. The second-order valence-corrected chi connectivity index (χ2v) is 1.55. The summed E-state index contributed by atoms with van der Waals surface area (Å²) in [6.45, 7) is -2.84. The van der Waals surface area contributed by atoms with Crippen LogP contribution in [0.2, 0.25) is 0 Å². The number of nitrogens with zero attached hydrogens (tertiary/aromatic N) is 3. The van der Waals surface area contributed by atoms with E-state index in [1.807, 2.05) is 0 Å². The number of ether oxygens (including phenoxy) is 1. The number of hydrogen-bond acceptors (Lipinski definition) is 3. The van der Waals surface area contributed by atoms with Crippen molar-refractivity contribution < 1.29 is 13.5 Å². The molecule has 1 aromatic heterocycles. The molecular formula is C4H5F2N3O. The van der Waals surface area contributed by atoms with Crippen molar-refractivity contribution in [2.75, 3.05) is 0 Å². The maximum atomic E-state index is 11.4. The van der Waals surface area contributed by atoms with Crippen LogP contribution in [0.4, 0.5) is 8.78 Å². The second kappa shape index (κ2) is 2.59. The molecule has 4 nitrogen and oxygen atoms in total. The Balaban J connectivity index is 2.58. The predicted octanol–water partition coefficient (Wildman–Crippen LogP) is 0.416. The molecule has 56 valence electrons. The number of aryl methyl sites for hydroxylation is 1. The Morgan fingerprint density at radius 2 is 2.40 bits per heavy atom. The van der Waals surface area contributed by atoms with Crippen LogP contribution < -0.4 is 4.74 Å². The summed E-state index contributed by atoms with van der Waals surface area (Å²) in [5.41, 5.74) is 0. The molecule has 0 radical (unpaired) electrons. The molecule has 0 aromatic carbocycles. The first-order chi connectivity index (χ1) is 4.68. The highest BCUT2D eigenvalue weighted by atomic mass is 19.3. The molecule has 0 unspecified atom stereocenters. The Morgan fingerprint density at radius 3 is 2.80 bits per heavy atom. The third kappa shape index (κ3) is 1.64. The fraction of sp³-hybridized carbons (Fsp3) is 0.500. The normalized spacial score (nSPS) is 10.4. The minimum Gasteiger partial charge on any atom is -0.414 e. The Morgan fingerprint density at radius 1 is 1.70 bits per heavy atom. The highest BCUT2D eigenvalue weighted by molar-refractivity contribution is 4.97. The minimum atomic E-state index is -2.84. The van der Waals surface area contributed by atoms with Gasteiger partial charge in [-0.05, 0) is 0 Å². The van der Waals surface area contributed by atoms with Crippen LogP contribution in [0.1, 0.15) is 0 Å². The quantitative estimate of drug-likeness (QED) is 0.611. The summed E-state index contributed by atoms with van der Waals surface area (Å²) in [6.07, 6.45) is 1.12. The number of hydrogen-bond donors (Lipinski definition) is 0. The average molecular weight is 149 g/mol. The second-order valence-electron chi connectivity index (χ2n) is 1.55. The zero-order valence-electron chi connectivity index (χ0n) is 5.16. The van der Waals surface area contributed by atoms with E-state index in [0.29, 0.717) is 0 Å². The molecule has 0 spiro atoms. The largest absolute Gasteiger partial charge is 0.414 e. The van der Waals surface area contributed by atoms with Crippen LogP contribution in [0.5, 0.6) is 5.88 Å². The highest BCUT2D eigenvalue weighted by Gasteiger charge is 2.05. The summed E-state index contributed by atoms with van der Waals surface area (Å²) >= 11 is 0. The first-order valence-electron chi connectivity index (χ1n) is 2.49. The van der Waals surface area contributed by atoms with Gasteiger partial charge >= 0.3 is 6.61 Å². The van der Waals surface area contributed by atoms with Crippen LogP contribution >= 0.6 is 0 Å². The molecule has 0 atom stereocenters. The van der Waals surface area contributed by atoms with Crippen LogP contribution in [0, 0.1) is 0 Å². The van der Waals surface area contributed by atoms with E-state index in [9.17, 15) is 8.78 Å². The van der Waals surface area contributed by atoms with Crippen molar-refractivity contribution in [3.8, 4) is 5.88 Å². The molecule has 0 aliphatic carbocycles. The molecule has 1 heterocycles. The fourth-order valence-electron chi connectivity index (χ4n) is 0.472. The molecule has 0 aliphatic rings. The van der Waals surface area contributed by atoms with E-state index in [1.54, 1.807) is 0 Å². The van der Waals surface area contributed by atoms with Crippen molar-refractivity contribution in [2.45, 2.75) is 6.61 Å². The Hall–Kier alpha value is -1.20. The smallest absolute Gasteiger partial charge is 0.388 e. The van der Waals surface area contributed by atoms with Gasteiger partial charge in [-0.1, -0.05) is 0 Å². The van der Waals surface area contributed by atoms with Crippen LogP contribution in [0.15, 0.2) is 6.20 Å². The third-order valence-corrected chi connectivity index (χ3v) is 0.788. The van der Waals surface area contributed by atoms with Crippen LogP contribution in [-0.4, -0.2) is 21.6 Å². The van der Waals surface area contributed by atoms with E-state index < -0.39 is 6.61 Å². The van der Waals surface area contributed by atoms with Gasteiger partial charge in [0.25, 0.3) is 5.88 Å². The van der Waals surface area contributed by atoms with Gasteiger partial charge in [-0.3, -0.25) is 0 Å². The summed E-state index contributed by atoms with van der Waals surface area (Å²) in [4.78, 5) is 1.14. The first kappa shape index (κ1) is 6.91. The Labute approximate surface area is 55.4 Å². The van der Waals surface area contributed by atoms with E-state index >= 15 is 0 Å². The van der Waals surface area contributed by atoms with Gasteiger partial charge in [0.15, 0.2) is 0 Å². The van der Waals surface area contributed by atoms with Crippen molar-refractivity contribution in [3.05, 3.63) is 6.20 Å². The highest BCUT2D eigenvalue weighted by Crippen LogP contribution is 2.05. The molecule has 0 fully saturated rings. The van der Waals surface area contributed by atoms with Crippen molar-refractivity contribution in [3.63, 3.8) is 0 Å². The van der Waals surface area contributed by atoms with Crippen molar-refractivity contribution in [1.82, 2.24) is 15.0 Å². The third-order valence-electron chi connectivity index (χ3n) is 0.788. The van der Waals surface area contributed by atoms with Gasteiger partial charge in [-0.15, -0.1) is 5.10 Å². The maximum absolute atomic E-state index is 11.4. The Kier molecular flexibility index (Phi) is 1.79. The number of aromatic nitrogens is 3. The maximum Gasteiger partial charge on any atom is 0.388 e. The van der Waals surface area contributed by atoms with E-state index in [1.165, 1.54) is 7.05 Å².